The maximum absolute atomic E-state index is 15.1. The third kappa shape index (κ3) is 5.03. The van der Waals surface area contributed by atoms with E-state index in [9.17, 15) is 14.7 Å². The van der Waals surface area contributed by atoms with Crippen molar-refractivity contribution in [3.05, 3.63) is 46.3 Å². The fraction of sp³-hybridized carbons (Fsp3) is 0.444. The predicted molar refractivity (Wildman–Crippen MR) is 146 cm³/mol. The van der Waals surface area contributed by atoms with Crippen LogP contribution in [0.3, 0.4) is 0 Å². The molecule has 2 heterocycles. The second-order valence-electron chi connectivity index (χ2n) is 10.3. The highest BCUT2D eigenvalue weighted by atomic mass is 79.9. The van der Waals surface area contributed by atoms with Crippen LogP contribution >= 0.6 is 17.0 Å². The average molecular weight is 594 g/mol. The highest BCUT2D eigenvalue weighted by Crippen LogP contribution is 2.43. The molecule has 4 rings (SSSR count). The Morgan fingerprint density at radius 2 is 1.89 bits per heavy atom. The van der Waals surface area contributed by atoms with Gasteiger partial charge in [0.1, 0.15) is 24.2 Å². The Balaban J connectivity index is 0.00000400. The van der Waals surface area contributed by atoms with Crippen LogP contribution < -0.4 is 19.1 Å². The number of hydrogen-bond acceptors (Lipinski definition) is 7. The summed E-state index contributed by atoms with van der Waals surface area (Å²) in [5, 5.41) is 18.2. The number of hydrogen-bond donors (Lipinski definition) is 2. The number of carboxylic acid groups (broad SMARTS) is 1. The summed E-state index contributed by atoms with van der Waals surface area (Å²) in [6.07, 6.45) is 0. The molecule has 1 unspecified atom stereocenters. The van der Waals surface area contributed by atoms with E-state index in [2.05, 4.69) is 0 Å². The van der Waals surface area contributed by atoms with Crippen molar-refractivity contribution in [1.82, 2.24) is 4.90 Å². The Labute approximate surface area is 231 Å². The highest BCUT2D eigenvalue weighted by Gasteiger charge is 2.35. The van der Waals surface area contributed by atoms with Gasteiger partial charge in [0.05, 0.1) is 38.6 Å². The zero-order chi connectivity index (χ0) is 27.2. The number of ether oxygens (including phenoxy) is 3. The second kappa shape index (κ2) is 10.8. The Bertz CT molecular complexity index is 1290. The highest BCUT2D eigenvalue weighted by molar-refractivity contribution is 8.93. The lowest BCUT2D eigenvalue weighted by Crippen LogP contribution is -2.44. The minimum Gasteiger partial charge on any atom is -0.493 e. The number of ketones is 1. The summed E-state index contributed by atoms with van der Waals surface area (Å²) in [6, 6.07) is 4.24. The number of carbonyl (C=O) groups is 2. The third-order valence-corrected chi connectivity index (χ3v) is 6.85. The van der Waals surface area contributed by atoms with E-state index in [4.69, 9.17) is 19.6 Å². The van der Waals surface area contributed by atoms with Crippen LogP contribution in [-0.2, 0) is 16.8 Å². The molecule has 9 nitrogen and oxygen atoms in total. The fourth-order valence-corrected chi connectivity index (χ4v) is 4.82. The second-order valence-corrected chi connectivity index (χ2v) is 10.3. The summed E-state index contributed by atoms with van der Waals surface area (Å²) in [7, 11) is 2.74. The minimum atomic E-state index is -0.974. The van der Waals surface area contributed by atoms with Gasteiger partial charge >= 0.3 is 5.97 Å². The first-order chi connectivity index (χ1) is 17.4. The lowest BCUT2D eigenvalue weighted by atomic mass is 9.84. The number of fused-ring (bicyclic) bond motifs is 2. The van der Waals surface area contributed by atoms with Gasteiger partial charge in [-0.3, -0.25) is 10.2 Å². The molecule has 0 radical (unpaired) electrons. The fourth-order valence-electron chi connectivity index (χ4n) is 4.82. The zero-order valence-electron chi connectivity index (χ0n) is 22.3. The van der Waals surface area contributed by atoms with Crippen LogP contribution in [0.2, 0.25) is 0 Å². The molecule has 2 aliphatic heterocycles. The number of nitrogens with zero attached hydrogens (tertiary/aromatic N) is 2. The van der Waals surface area contributed by atoms with Crippen LogP contribution in [0.4, 0.5) is 10.1 Å². The van der Waals surface area contributed by atoms with Crippen molar-refractivity contribution in [2.45, 2.75) is 45.7 Å². The number of anilines is 1. The van der Waals surface area contributed by atoms with Crippen molar-refractivity contribution >= 4 is 40.3 Å². The molecule has 2 aromatic carbocycles. The van der Waals surface area contributed by atoms with Crippen molar-refractivity contribution in [2.75, 3.05) is 38.8 Å². The number of nitrogens with one attached hydrogen (secondary N) is 1. The normalized spacial score (nSPS) is 15.2. The van der Waals surface area contributed by atoms with Gasteiger partial charge in [-0.15, -0.1) is 17.0 Å². The van der Waals surface area contributed by atoms with Crippen LogP contribution in [0.5, 0.6) is 17.2 Å². The lowest BCUT2D eigenvalue weighted by molar-refractivity contribution is -0.138. The molecule has 2 aromatic rings. The molecule has 1 atom stereocenters. The largest absolute Gasteiger partial charge is 0.493 e. The van der Waals surface area contributed by atoms with Gasteiger partial charge in [-0.25, -0.2) is 9.18 Å². The van der Waals surface area contributed by atoms with Crippen molar-refractivity contribution in [3.63, 3.8) is 0 Å². The monoisotopic (exact) mass is 593 g/mol. The zero-order valence-corrected chi connectivity index (χ0v) is 24.0. The molecule has 0 saturated carbocycles. The molecular weight excluding hydrogens is 561 g/mol. The number of amidine groups is 1. The SMILES string of the molecule is Br.COc1cc2c(c(F)c1OC)C(=N)N(CC(=O)c1cc3c(c(C(C)(C)C)c1)OCCN3C(C)C(=O)O)C2. The van der Waals surface area contributed by atoms with E-state index in [1.807, 2.05) is 20.8 Å². The molecule has 0 spiro atoms. The maximum Gasteiger partial charge on any atom is 0.326 e. The van der Waals surface area contributed by atoms with E-state index in [-0.39, 0.29) is 64.2 Å². The van der Waals surface area contributed by atoms with Gasteiger partial charge < -0.3 is 29.1 Å². The molecule has 0 fully saturated rings. The number of carboxylic acids is 1. The van der Waals surface area contributed by atoms with E-state index in [0.29, 0.717) is 35.7 Å². The van der Waals surface area contributed by atoms with Gasteiger partial charge in [-0.05, 0) is 36.1 Å². The lowest BCUT2D eigenvalue weighted by Gasteiger charge is -2.37. The Hall–Kier alpha value is -3.34. The number of rotatable bonds is 7. The number of carbonyl (C=O) groups excluding carboxylic acids is 1. The van der Waals surface area contributed by atoms with Crippen LogP contribution in [0.1, 0.15) is 54.7 Å². The number of benzene rings is 2. The van der Waals surface area contributed by atoms with E-state index in [1.54, 1.807) is 30.0 Å². The number of aliphatic carboxylic acids is 1. The molecule has 11 heteroatoms. The summed E-state index contributed by atoms with van der Waals surface area (Å²) in [5.74, 6) is -1.35. The molecular formula is C27H33BrFN3O6. The maximum atomic E-state index is 15.1. The Morgan fingerprint density at radius 3 is 2.47 bits per heavy atom. The number of methoxy groups -OCH3 is 2. The quantitative estimate of drug-likeness (QED) is 0.454. The number of Topliss-reactive ketones (excluding diaryl/α,β-unsaturated/α-hetero) is 1. The molecule has 0 aliphatic carbocycles. The molecule has 0 bridgehead atoms. The van der Waals surface area contributed by atoms with E-state index in [1.165, 1.54) is 19.1 Å². The van der Waals surface area contributed by atoms with Gasteiger partial charge in [0.25, 0.3) is 0 Å². The van der Waals surface area contributed by atoms with Crippen LogP contribution in [0.15, 0.2) is 18.2 Å². The van der Waals surface area contributed by atoms with Gasteiger partial charge in [0.15, 0.2) is 23.1 Å². The first-order valence-corrected chi connectivity index (χ1v) is 12.0. The van der Waals surface area contributed by atoms with E-state index < -0.39 is 17.8 Å². The van der Waals surface area contributed by atoms with Crippen molar-refractivity contribution in [1.29, 1.82) is 5.41 Å². The topological polar surface area (TPSA) is 112 Å². The number of halogens is 2. The average Bonchev–Trinajstić information content (AvgIpc) is 3.16. The molecule has 0 saturated heterocycles. The summed E-state index contributed by atoms with van der Waals surface area (Å²) >= 11 is 0. The summed E-state index contributed by atoms with van der Waals surface area (Å²) in [5.41, 5.74) is 1.94. The van der Waals surface area contributed by atoms with Crippen LogP contribution in [0, 0.1) is 11.2 Å². The molecule has 206 valence electrons. The molecule has 0 amide bonds. The molecule has 38 heavy (non-hydrogen) atoms. The van der Waals surface area contributed by atoms with Crippen LogP contribution in [-0.4, -0.2) is 67.6 Å². The van der Waals surface area contributed by atoms with E-state index in [0.717, 1.165) is 5.56 Å². The first-order valence-electron chi connectivity index (χ1n) is 12.0. The predicted octanol–water partition coefficient (Wildman–Crippen LogP) is 4.41. The molecule has 2 N–H and O–H groups in total. The van der Waals surface area contributed by atoms with Crippen LogP contribution in [0.25, 0.3) is 0 Å². The van der Waals surface area contributed by atoms with E-state index >= 15 is 4.39 Å². The Kier molecular flexibility index (Phi) is 8.30. The van der Waals surface area contributed by atoms with Gasteiger partial charge in [0.2, 0.25) is 0 Å². The van der Waals surface area contributed by atoms with Gasteiger partial charge in [0, 0.05) is 17.7 Å². The van der Waals surface area contributed by atoms with Crippen molar-refractivity contribution < 1.29 is 33.3 Å². The van der Waals surface area contributed by atoms with Crippen molar-refractivity contribution in [3.8, 4) is 17.2 Å². The third-order valence-electron chi connectivity index (χ3n) is 6.85. The van der Waals surface area contributed by atoms with Crippen molar-refractivity contribution in [2.24, 2.45) is 0 Å². The first kappa shape index (κ1) is 29.2. The van der Waals surface area contributed by atoms with Gasteiger partial charge in [-0.1, -0.05) is 20.8 Å². The minimum absolute atomic E-state index is 0. The molecule has 2 aliphatic rings. The van der Waals surface area contributed by atoms with Gasteiger partial charge in [-0.2, -0.15) is 0 Å². The summed E-state index contributed by atoms with van der Waals surface area (Å²) in [4.78, 5) is 28.6. The summed E-state index contributed by atoms with van der Waals surface area (Å²) < 4.78 is 31.5. The summed E-state index contributed by atoms with van der Waals surface area (Å²) in [6.45, 7) is 8.30. The molecule has 0 aromatic heterocycles. The smallest absolute Gasteiger partial charge is 0.326 e. The Morgan fingerprint density at radius 1 is 1.21 bits per heavy atom. The standard InChI is InChI=1S/C27H32FN3O6.BrH/c1-14(26(33)34)31-7-8-37-23-17(27(2,3)4)9-15(10-18(23)31)19(32)13-30-12-16-11-20(35-5)24(36-6)22(28)21(16)25(30)29;/h9-11,14,29H,7-8,12-13H2,1-6H3,(H,33,34);1H.